The number of rotatable bonds is 4. The van der Waals surface area contributed by atoms with Crippen molar-refractivity contribution < 1.29 is 4.74 Å². The Labute approximate surface area is 106 Å². The second kappa shape index (κ2) is 6.17. The Morgan fingerprint density at radius 1 is 1.24 bits per heavy atom. The summed E-state index contributed by atoms with van der Waals surface area (Å²) in [5, 5.41) is 7.19. The lowest BCUT2D eigenvalue weighted by molar-refractivity contribution is 0.104. The van der Waals surface area contributed by atoms with E-state index in [9.17, 15) is 0 Å². The fraction of sp³-hybridized carbons (Fsp3) is 1.00. The number of methoxy groups -OCH3 is 1. The predicted octanol–water partition coefficient (Wildman–Crippen LogP) is 1.92. The normalized spacial score (nSPS) is 27.2. The zero-order valence-corrected chi connectivity index (χ0v) is 11.4. The van der Waals surface area contributed by atoms with Gasteiger partial charge in [-0.1, -0.05) is 0 Å². The van der Waals surface area contributed by atoms with E-state index in [2.05, 4.69) is 17.6 Å². The Balaban J connectivity index is 1.73. The van der Waals surface area contributed by atoms with Gasteiger partial charge in [0.05, 0.1) is 6.61 Å². The number of nitrogens with one attached hydrogen (secondary N) is 2. The van der Waals surface area contributed by atoms with E-state index in [4.69, 9.17) is 4.74 Å². The molecule has 0 unspecified atom stereocenters. The first-order valence-electron chi connectivity index (χ1n) is 7.20. The minimum Gasteiger partial charge on any atom is -0.383 e. The van der Waals surface area contributed by atoms with Crippen molar-refractivity contribution in [2.24, 2.45) is 5.41 Å². The molecule has 3 heteroatoms. The summed E-state index contributed by atoms with van der Waals surface area (Å²) in [6.45, 7) is 5.51. The lowest BCUT2D eigenvalue weighted by Gasteiger charge is -2.43. The van der Waals surface area contributed by atoms with Crippen LogP contribution in [0.15, 0.2) is 0 Å². The van der Waals surface area contributed by atoms with Gasteiger partial charge in [0.15, 0.2) is 0 Å². The molecule has 1 saturated heterocycles. The summed E-state index contributed by atoms with van der Waals surface area (Å²) in [7, 11) is 1.78. The zero-order valence-electron chi connectivity index (χ0n) is 11.4. The molecule has 3 nitrogen and oxygen atoms in total. The van der Waals surface area contributed by atoms with Crippen molar-refractivity contribution in [3.63, 3.8) is 0 Å². The van der Waals surface area contributed by atoms with Crippen LogP contribution in [0, 0.1) is 5.41 Å². The molecule has 1 spiro atoms. The molecular formula is C14H28N2O. The number of piperidine rings is 1. The molecule has 1 atom stereocenters. The number of ether oxygens (including phenoxy) is 1. The van der Waals surface area contributed by atoms with Gasteiger partial charge in [0.25, 0.3) is 0 Å². The van der Waals surface area contributed by atoms with Crippen LogP contribution in [0.1, 0.15) is 45.4 Å². The molecule has 1 saturated carbocycles. The van der Waals surface area contributed by atoms with Crippen LogP contribution < -0.4 is 10.6 Å². The van der Waals surface area contributed by atoms with Gasteiger partial charge in [0, 0.05) is 19.2 Å². The van der Waals surface area contributed by atoms with Gasteiger partial charge in [-0.25, -0.2) is 0 Å². The molecule has 0 aromatic carbocycles. The molecule has 0 bridgehead atoms. The second-order valence-corrected chi connectivity index (χ2v) is 6.05. The molecular weight excluding hydrogens is 212 g/mol. The van der Waals surface area contributed by atoms with Gasteiger partial charge in [0.1, 0.15) is 0 Å². The lowest BCUT2D eigenvalue weighted by Crippen LogP contribution is -2.46. The van der Waals surface area contributed by atoms with Gasteiger partial charge in [0.2, 0.25) is 0 Å². The van der Waals surface area contributed by atoms with E-state index >= 15 is 0 Å². The van der Waals surface area contributed by atoms with Crippen LogP contribution in [0.4, 0.5) is 0 Å². The summed E-state index contributed by atoms with van der Waals surface area (Å²) in [4.78, 5) is 0. The van der Waals surface area contributed by atoms with E-state index in [1.54, 1.807) is 7.11 Å². The third-order valence-corrected chi connectivity index (χ3v) is 4.65. The highest BCUT2D eigenvalue weighted by Gasteiger charge is 2.36. The topological polar surface area (TPSA) is 33.3 Å². The summed E-state index contributed by atoms with van der Waals surface area (Å²) >= 11 is 0. The van der Waals surface area contributed by atoms with E-state index in [0.29, 0.717) is 11.5 Å². The Hall–Kier alpha value is -0.120. The van der Waals surface area contributed by atoms with Gasteiger partial charge < -0.3 is 15.4 Å². The van der Waals surface area contributed by atoms with Crippen LogP contribution in [0.25, 0.3) is 0 Å². The molecule has 2 N–H and O–H groups in total. The van der Waals surface area contributed by atoms with Crippen LogP contribution >= 0.6 is 0 Å². The van der Waals surface area contributed by atoms with Crippen LogP contribution in [-0.2, 0) is 4.74 Å². The van der Waals surface area contributed by atoms with Crippen LogP contribution in [0.5, 0.6) is 0 Å². The van der Waals surface area contributed by atoms with Crippen molar-refractivity contribution in [2.75, 3.05) is 26.8 Å². The highest BCUT2D eigenvalue weighted by atomic mass is 16.5. The maximum atomic E-state index is 5.18. The number of hydrogen-bond acceptors (Lipinski definition) is 3. The zero-order chi connectivity index (χ0) is 12.1. The lowest BCUT2D eigenvalue weighted by atomic mass is 9.67. The van der Waals surface area contributed by atoms with Gasteiger partial charge in [-0.15, -0.1) is 0 Å². The first kappa shape index (κ1) is 13.3. The van der Waals surface area contributed by atoms with Crippen LogP contribution in [-0.4, -0.2) is 38.9 Å². The average molecular weight is 240 g/mol. The van der Waals surface area contributed by atoms with E-state index in [1.807, 2.05) is 0 Å². The molecule has 0 aromatic heterocycles. The maximum Gasteiger partial charge on any atom is 0.0613 e. The van der Waals surface area contributed by atoms with E-state index in [-0.39, 0.29) is 0 Å². The predicted molar refractivity (Wildman–Crippen MR) is 71.3 cm³/mol. The molecule has 2 rings (SSSR count). The van der Waals surface area contributed by atoms with Crippen molar-refractivity contribution in [3.05, 3.63) is 0 Å². The minimum absolute atomic E-state index is 0.493. The summed E-state index contributed by atoms with van der Waals surface area (Å²) in [5.74, 6) is 0. The highest BCUT2D eigenvalue weighted by molar-refractivity contribution is 4.91. The van der Waals surface area contributed by atoms with Crippen LogP contribution in [0.3, 0.4) is 0 Å². The molecule has 100 valence electrons. The van der Waals surface area contributed by atoms with Crippen molar-refractivity contribution in [1.82, 2.24) is 10.6 Å². The van der Waals surface area contributed by atoms with Gasteiger partial charge >= 0.3 is 0 Å². The van der Waals surface area contributed by atoms with E-state index in [1.165, 1.54) is 51.6 Å². The van der Waals surface area contributed by atoms with Crippen molar-refractivity contribution in [3.8, 4) is 0 Å². The largest absolute Gasteiger partial charge is 0.383 e. The standard InChI is InChI=1S/C14H28N2O/c1-12(11-17-2)16-13-3-5-14(6-4-13)7-9-15-10-8-14/h12-13,15-16H,3-11H2,1-2H3/t12-/m1/s1. The van der Waals surface area contributed by atoms with Crippen LogP contribution in [0.2, 0.25) is 0 Å². The Morgan fingerprint density at radius 2 is 1.88 bits per heavy atom. The molecule has 0 amide bonds. The Bertz CT molecular complexity index is 216. The fourth-order valence-corrected chi connectivity index (χ4v) is 3.55. The molecule has 0 radical (unpaired) electrons. The smallest absolute Gasteiger partial charge is 0.0613 e. The van der Waals surface area contributed by atoms with Gasteiger partial charge in [-0.05, 0) is 64.0 Å². The first-order chi connectivity index (χ1) is 8.24. The highest BCUT2D eigenvalue weighted by Crippen LogP contribution is 2.43. The summed E-state index contributed by atoms with van der Waals surface area (Å²) < 4.78 is 5.18. The number of hydrogen-bond donors (Lipinski definition) is 2. The van der Waals surface area contributed by atoms with E-state index < -0.39 is 0 Å². The molecule has 1 heterocycles. The van der Waals surface area contributed by atoms with Crippen molar-refractivity contribution in [2.45, 2.75) is 57.5 Å². The molecule has 1 aliphatic heterocycles. The second-order valence-electron chi connectivity index (χ2n) is 6.05. The van der Waals surface area contributed by atoms with E-state index in [0.717, 1.165) is 12.6 Å². The third-order valence-electron chi connectivity index (χ3n) is 4.65. The molecule has 0 aromatic rings. The Morgan fingerprint density at radius 3 is 2.47 bits per heavy atom. The third kappa shape index (κ3) is 3.67. The molecule has 17 heavy (non-hydrogen) atoms. The summed E-state index contributed by atoms with van der Waals surface area (Å²) in [6, 6.07) is 1.22. The van der Waals surface area contributed by atoms with Crippen molar-refractivity contribution in [1.29, 1.82) is 0 Å². The summed E-state index contributed by atoms with van der Waals surface area (Å²) in [5.41, 5.74) is 0.688. The SMILES string of the molecule is COC[C@@H](C)NC1CCC2(CCNCC2)CC1. The molecule has 2 aliphatic rings. The fourth-order valence-electron chi connectivity index (χ4n) is 3.55. The molecule has 2 fully saturated rings. The van der Waals surface area contributed by atoms with Gasteiger partial charge in [-0.3, -0.25) is 0 Å². The average Bonchev–Trinajstić information content (AvgIpc) is 2.34. The maximum absolute atomic E-state index is 5.18. The quantitative estimate of drug-likeness (QED) is 0.788. The minimum atomic E-state index is 0.493. The first-order valence-corrected chi connectivity index (χ1v) is 7.20. The monoisotopic (exact) mass is 240 g/mol. The molecule has 1 aliphatic carbocycles. The Kier molecular flexibility index (Phi) is 4.83. The summed E-state index contributed by atoms with van der Waals surface area (Å²) in [6.07, 6.45) is 8.35. The van der Waals surface area contributed by atoms with Crippen molar-refractivity contribution >= 4 is 0 Å². The van der Waals surface area contributed by atoms with Gasteiger partial charge in [-0.2, -0.15) is 0 Å².